The van der Waals surface area contributed by atoms with Crippen molar-refractivity contribution in [2.75, 3.05) is 10.6 Å². The van der Waals surface area contributed by atoms with Crippen LogP contribution in [0.2, 0.25) is 0 Å². The van der Waals surface area contributed by atoms with E-state index < -0.39 is 0 Å². The maximum Gasteiger partial charge on any atom is 0.169 e. The maximum absolute atomic E-state index is 4.17. The van der Waals surface area contributed by atoms with Crippen molar-refractivity contribution in [1.82, 2.24) is 9.97 Å². The Morgan fingerprint density at radius 1 is 1.00 bits per heavy atom. The van der Waals surface area contributed by atoms with Crippen molar-refractivity contribution in [1.29, 1.82) is 0 Å². The van der Waals surface area contributed by atoms with Crippen LogP contribution in [0.3, 0.4) is 0 Å². The van der Waals surface area contributed by atoms with Gasteiger partial charge in [0.05, 0.1) is 0 Å². The molecule has 0 radical (unpaired) electrons. The smallest absolute Gasteiger partial charge is 0.169 e. The molecule has 1 aliphatic rings. The van der Waals surface area contributed by atoms with Crippen molar-refractivity contribution < 1.29 is 0 Å². The van der Waals surface area contributed by atoms with E-state index in [0.717, 1.165) is 11.6 Å². The largest absolute Gasteiger partial charge is 0.362 e. The monoisotopic (exact) mass is 164 g/mol. The summed E-state index contributed by atoms with van der Waals surface area (Å²) in [5, 5.41) is 6.55. The highest BCUT2D eigenvalue weighted by molar-refractivity contribution is 5.62. The average molecular weight is 164 g/mol. The zero-order valence-electron chi connectivity index (χ0n) is 7.20. The van der Waals surface area contributed by atoms with Crippen LogP contribution in [-0.2, 0) is 0 Å². The molecule has 4 heteroatoms. The molecule has 2 rings (SSSR count). The number of nitrogens with one attached hydrogen (secondary N) is 2. The number of rotatable bonds is 0. The molecule has 1 aromatic rings. The second-order valence-electron chi connectivity index (χ2n) is 3.12. The SMILES string of the molecule is C[C@@H]1Nc2nccnc2N[C@@H]1C. The van der Waals surface area contributed by atoms with Gasteiger partial charge in [0, 0.05) is 24.5 Å². The van der Waals surface area contributed by atoms with Crippen LogP contribution in [-0.4, -0.2) is 22.1 Å². The molecule has 1 aromatic heterocycles. The fourth-order valence-electron chi connectivity index (χ4n) is 1.23. The molecule has 64 valence electrons. The fraction of sp³-hybridized carbons (Fsp3) is 0.500. The lowest BCUT2D eigenvalue weighted by Crippen LogP contribution is -2.39. The number of hydrogen-bond acceptors (Lipinski definition) is 4. The van der Waals surface area contributed by atoms with E-state index in [1.54, 1.807) is 12.4 Å². The van der Waals surface area contributed by atoms with E-state index in [4.69, 9.17) is 0 Å². The summed E-state index contributed by atoms with van der Waals surface area (Å²) in [6.45, 7) is 4.24. The van der Waals surface area contributed by atoms with E-state index in [-0.39, 0.29) is 0 Å². The lowest BCUT2D eigenvalue weighted by atomic mass is 10.1. The molecule has 2 N–H and O–H groups in total. The van der Waals surface area contributed by atoms with Crippen molar-refractivity contribution in [3.05, 3.63) is 12.4 Å². The Labute approximate surface area is 71.4 Å². The van der Waals surface area contributed by atoms with E-state index in [2.05, 4.69) is 34.4 Å². The Morgan fingerprint density at radius 3 is 1.83 bits per heavy atom. The Morgan fingerprint density at radius 2 is 1.42 bits per heavy atom. The summed E-state index contributed by atoms with van der Waals surface area (Å²) in [4.78, 5) is 8.34. The highest BCUT2D eigenvalue weighted by Crippen LogP contribution is 2.22. The van der Waals surface area contributed by atoms with Crippen molar-refractivity contribution in [2.24, 2.45) is 0 Å². The first-order valence-corrected chi connectivity index (χ1v) is 4.11. The van der Waals surface area contributed by atoms with E-state index in [0.29, 0.717) is 12.1 Å². The predicted octanol–water partition coefficient (Wildman–Crippen LogP) is 1.09. The Balaban J connectivity index is 2.34. The van der Waals surface area contributed by atoms with E-state index in [1.165, 1.54) is 0 Å². The van der Waals surface area contributed by atoms with Crippen molar-refractivity contribution in [3.8, 4) is 0 Å². The van der Waals surface area contributed by atoms with Crippen molar-refractivity contribution in [2.45, 2.75) is 25.9 Å². The summed E-state index contributed by atoms with van der Waals surface area (Å²) in [7, 11) is 0. The molecular formula is C8H12N4. The highest BCUT2D eigenvalue weighted by atomic mass is 15.2. The molecule has 0 amide bonds. The van der Waals surface area contributed by atoms with E-state index in [9.17, 15) is 0 Å². The number of fused-ring (bicyclic) bond motifs is 1. The second kappa shape index (κ2) is 2.62. The topological polar surface area (TPSA) is 49.8 Å². The molecular weight excluding hydrogens is 152 g/mol. The van der Waals surface area contributed by atoms with Crippen LogP contribution < -0.4 is 10.6 Å². The van der Waals surface area contributed by atoms with Gasteiger partial charge in [-0.25, -0.2) is 9.97 Å². The number of anilines is 2. The van der Waals surface area contributed by atoms with Crippen molar-refractivity contribution in [3.63, 3.8) is 0 Å². The van der Waals surface area contributed by atoms with Crippen LogP contribution in [0.4, 0.5) is 11.6 Å². The summed E-state index contributed by atoms with van der Waals surface area (Å²) in [6, 6.07) is 0.795. The zero-order valence-corrected chi connectivity index (χ0v) is 7.20. The van der Waals surface area contributed by atoms with Gasteiger partial charge in [0.1, 0.15) is 0 Å². The van der Waals surface area contributed by atoms with Crippen LogP contribution in [0, 0.1) is 0 Å². The molecule has 2 atom stereocenters. The Hall–Kier alpha value is -1.32. The van der Waals surface area contributed by atoms with Gasteiger partial charge in [0.15, 0.2) is 11.6 Å². The van der Waals surface area contributed by atoms with E-state index in [1.807, 2.05) is 0 Å². The molecule has 2 heterocycles. The lowest BCUT2D eigenvalue weighted by molar-refractivity contribution is 0.653. The molecule has 0 spiro atoms. The molecule has 0 aromatic carbocycles. The standard InChI is InChI=1S/C8H12N4/c1-5-6(2)12-8-7(11-5)9-3-4-10-8/h3-6H,1-2H3,(H,9,11)(H,10,12)/t5-,6+. The minimum Gasteiger partial charge on any atom is -0.362 e. The van der Waals surface area contributed by atoms with Crippen molar-refractivity contribution >= 4 is 11.6 Å². The second-order valence-corrected chi connectivity index (χ2v) is 3.12. The molecule has 1 aliphatic heterocycles. The van der Waals surface area contributed by atoms with Crippen LogP contribution in [0.1, 0.15) is 13.8 Å². The van der Waals surface area contributed by atoms with Gasteiger partial charge in [0.25, 0.3) is 0 Å². The number of nitrogens with zero attached hydrogens (tertiary/aromatic N) is 2. The maximum atomic E-state index is 4.17. The van der Waals surface area contributed by atoms with Crippen LogP contribution in [0.15, 0.2) is 12.4 Å². The van der Waals surface area contributed by atoms with Crippen LogP contribution in [0.25, 0.3) is 0 Å². The molecule has 0 aliphatic carbocycles. The normalized spacial score (nSPS) is 26.8. The van der Waals surface area contributed by atoms with Gasteiger partial charge in [0.2, 0.25) is 0 Å². The van der Waals surface area contributed by atoms with Crippen LogP contribution in [0.5, 0.6) is 0 Å². The molecule has 4 nitrogen and oxygen atoms in total. The number of hydrogen-bond donors (Lipinski definition) is 2. The lowest BCUT2D eigenvalue weighted by Gasteiger charge is -2.29. The molecule has 12 heavy (non-hydrogen) atoms. The first kappa shape index (κ1) is 7.34. The van der Waals surface area contributed by atoms with Gasteiger partial charge < -0.3 is 10.6 Å². The van der Waals surface area contributed by atoms with Gasteiger partial charge in [-0.05, 0) is 13.8 Å². The van der Waals surface area contributed by atoms with Crippen LogP contribution >= 0.6 is 0 Å². The zero-order chi connectivity index (χ0) is 8.55. The Bertz CT molecular complexity index is 257. The summed E-state index contributed by atoms with van der Waals surface area (Å²) in [5.41, 5.74) is 0. The van der Waals surface area contributed by atoms with E-state index >= 15 is 0 Å². The quantitative estimate of drug-likeness (QED) is 0.602. The summed E-state index contributed by atoms with van der Waals surface area (Å²) in [5.74, 6) is 1.70. The summed E-state index contributed by atoms with van der Waals surface area (Å²) < 4.78 is 0. The third kappa shape index (κ3) is 1.09. The molecule has 0 saturated carbocycles. The third-order valence-electron chi connectivity index (χ3n) is 2.18. The Kier molecular flexibility index (Phi) is 1.60. The molecule has 0 saturated heterocycles. The highest BCUT2D eigenvalue weighted by Gasteiger charge is 2.21. The van der Waals surface area contributed by atoms with Gasteiger partial charge in [-0.2, -0.15) is 0 Å². The molecule has 0 fully saturated rings. The predicted molar refractivity (Wildman–Crippen MR) is 48.2 cm³/mol. The fourth-order valence-corrected chi connectivity index (χ4v) is 1.23. The average Bonchev–Trinajstić information content (AvgIpc) is 2.07. The third-order valence-corrected chi connectivity index (χ3v) is 2.18. The van der Waals surface area contributed by atoms with Gasteiger partial charge in [-0.3, -0.25) is 0 Å². The molecule has 0 unspecified atom stereocenters. The number of aromatic nitrogens is 2. The minimum absolute atomic E-state index is 0.397. The minimum atomic E-state index is 0.397. The first-order chi connectivity index (χ1) is 5.77. The van der Waals surface area contributed by atoms with Gasteiger partial charge >= 0.3 is 0 Å². The first-order valence-electron chi connectivity index (χ1n) is 4.11. The molecule has 0 bridgehead atoms. The summed E-state index contributed by atoms with van der Waals surface area (Å²) in [6.07, 6.45) is 3.38. The summed E-state index contributed by atoms with van der Waals surface area (Å²) >= 11 is 0. The van der Waals surface area contributed by atoms with Gasteiger partial charge in [-0.15, -0.1) is 0 Å². The van der Waals surface area contributed by atoms with Gasteiger partial charge in [-0.1, -0.05) is 0 Å².